The lowest BCUT2D eigenvalue weighted by Gasteiger charge is -2.47. The molecule has 4 heteroatoms. The molecule has 38 heavy (non-hydrogen) atoms. The summed E-state index contributed by atoms with van der Waals surface area (Å²) in [6.45, 7) is 25.8. The zero-order valence-corrected chi connectivity index (χ0v) is 25.9. The van der Waals surface area contributed by atoms with Crippen LogP contribution in [-0.4, -0.2) is 45.2 Å². The molecule has 0 aromatic heterocycles. The van der Waals surface area contributed by atoms with E-state index < -0.39 is 0 Å². The molecule has 1 aliphatic heterocycles. The minimum absolute atomic E-state index is 0.364. The monoisotopic (exact) mass is 522 g/mol. The van der Waals surface area contributed by atoms with Gasteiger partial charge in [-0.2, -0.15) is 0 Å². The summed E-state index contributed by atoms with van der Waals surface area (Å²) in [7, 11) is 0. The van der Waals surface area contributed by atoms with Crippen molar-refractivity contribution >= 4 is 0 Å². The van der Waals surface area contributed by atoms with E-state index in [-0.39, 0.29) is 0 Å². The molecule has 0 spiro atoms. The van der Waals surface area contributed by atoms with Gasteiger partial charge in [0.2, 0.25) is 0 Å². The van der Waals surface area contributed by atoms with Crippen LogP contribution < -0.4 is 0 Å². The van der Waals surface area contributed by atoms with E-state index in [1.807, 2.05) is 0 Å². The Bertz CT molecular complexity index is 1020. The number of benzene rings is 2. The van der Waals surface area contributed by atoms with Crippen LogP contribution in [0.2, 0.25) is 0 Å². The van der Waals surface area contributed by atoms with Gasteiger partial charge in [0.15, 0.2) is 0 Å². The number of nitrogens with zero attached hydrogens (tertiary/aromatic N) is 2. The molecule has 2 aromatic carbocycles. The average Bonchev–Trinajstić information content (AvgIpc) is 2.91. The normalized spacial score (nSPS) is 20.6. The zero-order chi connectivity index (χ0) is 28.3. The topological polar surface area (TPSA) is 46.9 Å². The van der Waals surface area contributed by atoms with Gasteiger partial charge in [-0.25, -0.2) is 0 Å². The molecule has 4 nitrogen and oxygen atoms in total. The smallest absolute Gasteiger partial charge is 0.122 e. The van der Waals surface area contributed by atoms with Gasteiger partial charge in [0.25, 0.3) is 0 Å². The average molecular weight is 523 g/mol. The molecule has 4 unspecified atom stereocenters. The van der Waals surface area contributed by atoms with Gasteiger partial charge in [0.1, 0.15) is 11.5 Å². The number of aryl methyl sites for hydroxylation is 2. The van der Waals surface area contributed by atoms with E-state index in [1.165, 1.54) is 22.3 Å². The van der Waals surface area contributed by atoms with Crippen LogP contribution in [0.4, 0.5) is 0 Å². The largest absolute Gasteiger partial charge is 0.507 e. The van der Waals surface area contributed by atoms with Gasteiger partial charge in [-0.3, -0.25) is 9.80 Å². The fourth-order valence-corrected chi connectivity index (χ4v) is 6.40. The minimum Gasteiger partial charge on any atom is -0.507 e. The summed E-state index contributed by atoms with van der Waals surface area (Å²) in [6, 6.07) is 5.37. The first-order chi connectivity index (χ1) is 18.0. The summed E-state index contributed by atoms with van der Waals surface area (Å²) in [5.74, 6) is 1.71. The summed E-state index contributed by atoms with van der Waals surface area (Å²) < 4.78 is 0. The van der Waals surface area contributed by atoms with Crippen molar-refractivity contribution in [3.05, 3.63) is 56.6 Å². The van der Waals surface area contributed by atoms with Crippen LogP contribution >= 0.6 is 0 Å². The Balaban J connectivity index is 1.87. The highest BCUT2D eigenvalue weighted by Crippen LogP contribution is 2.38. The number of aromatic hydroxyl groups is 2. The van der Waals surface area contributed by atoms with Crippen LogP contribution in [0.1, 0.15) is 124 Å². The molecule has 0 aliphatic carbocycles. The molecule has 2 aromatic rings. The van der Waals surface area contributed by atoms with Crippen LogP contribution in [0.15, 0.2) is 12.1 Å². The Morgan fingerprint density at radius 1 is 0.684 bits per heavy atom. The lowest BCUT2D eigenvalue weighted by atomic mass is 9.89. The maximum absolute atomic E-state index is 11.1. The molecule has 2 N–H and O–H groups in total. The van der Waals surface area contributed by atoms with Gasteiger partial charge >= 0.3 is 0 Å². The molecule has 212 valence electrons. The molecule has 1 saturated heterocycles. The summed E-state index contributed by atoms with van der Waals surface area (Å²) in [5.41, 5.74) is 9.43. The predicted molar refractivity (Wildman–Crippen MR) is 162 cm³/mol. The van der Waals surface area contributed by atoms with Crippen LogP contribution in [0.25, 0.3) is 0 Å². The van der Waals surface area contributed by atoms with E-state index in [2.05, 4.69) is 91.2 Å². The number of rotatable bonds is 10. The van der Waals surface area contributed by atoms with Crippen molar-refractivity contribution in [1.29, 1.82) is 0 Å². The third-order valence-electron chi connectivity index (χ3n) is 9.73. The summed E-state index contributed by atoms with van der Waals surface area (Å²) in [6.07, 6.45) is 4.25. The standard InChI is InChI=1S/C34H54N2O2/c1-11-21(5)29-15-23(7)31(25(9)33(29)37)19-35-17-28(14-4)36(18-27(35)13-3)20-32-24(8)16-30(22(6)12-2)34(38)26(32)10/h15-16,21-22,27-28,37-38H,11-14,17-20H2,1-10H3. The number of hydrogen-bond acceptors (Lipinski definition) is 4. The van der Waals surface area contributed by atoms with Gasteiger partial charge in [0.05, 0.1) is 0 Å². The lowest BCUT2D eigenvalue weighted by molar-refractivity contribution is 0.0146. The Morgan fingerprint density at radius 2 is 1.03 bits per heavy atom. The van der Waals surface area contributed by atoms with E-state index in [9.17, 15) is 10.2 Å². The van der Waals surface area contributed by atoms with E-state index in [0.29, 0.717) is 35.4 Å². The number of phenols is 2. The van der Waals surface area contributed by atoms with Gasteiger partial charge in [-0.1, -0.05) is 53.7 Å². The highest BCUT2D eigenvalue weighted by Gasteiger charge is 2.33. The molecular formula is C34H54N2O2. The number of phenolic OH excluding ortho intramolecular Hbond substituents is 2. The summed E-state index contributed by atoms with van der Waals surface area (Å²) in [5, 5.41) is 22.1. The van der Waals surface area contributed by atoms with Crippen LogP contribution in [0.3, 0.4) is 0 Å². The van der Waals surface area contributed by atoms with Crippen LogP contribution in [-0.2, 0) is 13.1 Å². The molecule has 3 rings (SSSR count). The van der Waals surface area contributed by atoms with E-state index in [0.717, 1.165) is 74.1 Å². The Morgan fingerprint density at radius 3 is 1.32 bits per heavy atom. The fraction of sp³-hybridized carbons (Fsp3) is 0.647. The highest BCUT2D eigenvalue weighted by molar-refractivity contribution is 5.51. The first-order valence-electron chi connectivity index (χ1n) is 15.1. The predicted octanol–water partition coefficient (Wildman–Crippen LogP) is 8.23. The maximum atomic E-state index is 11.1. The summed E-state index contributed by atoms with van der Waals surface area (Å²) >= 11 is 0. The van der Waals surface area contributed by atoms with Crippen molar-refractivity contribution < 1.29 is 10.2 Å². The van der Waals surface area contributed by atoms with E-state index in [1.54, 1.807) is 0 Å². The molecule has 1 heterocycles. The van der Waals surface area contributed by atoms with E-state index in [4.69, 9.17) is 0 Å². The second-order valence-corrected chi connectivity index (χ2v) is 12.1. The number of hydrogen-bond donors (Lipinski definition) is 2. The number of piperazine rings is 1. The van der Waals surface area contributed by atoms with Gasteiger partial charge in [-0.05, 0) is 110 Å². The molecule has 0 amide bonds. The van der Waals surface area contributed by atoms with Crippen molar-refractivity contribution in [3.63, 3.8) is 0 Å². The fourth-order valence-electron chi connectivity index (χ4n) is 6.40. The van der Waals surface area contributed by atoms with Crippen molar-refractivity contribution in [1.82, 2.24) is 9.80 Å². The first-order valence-corrected chi connectivity index (χ1v) is 15.1. The Labute approximate surface area is 233 Å². The molecule has 4 atom stereocenters. The first kappa shape index (κ1) is 30.5. The molecule has 1 aliphatic rings. The third-order valence-corrected chi connectivity index (χ3v) is 9.73. The second kappa shape index (κ2) is 12.9. The van der Waals surface area contributed by atoms with Crippen LogP contribution in [0, 0.1) is 27.7 Å². The van der Waals surface area contributed by atoms with E-state index >= 15 is 0 Å². The lowest BCUT2D eigenvalue weighted by Crippen LogP contribution is -2.57. The van der Waals surface area contributed by atoms with Gasteiger partial charge < -0.3 is 10.2 Å². The van der Waals surface area contributed by atoms with Gasteiger partial charge in [-0.15, -0.1) is 0 Å². The minimum atomic E-state index is 0.364. The molecular weight excluding hydrogens is 468 g/mol. The third kappa shape index (κ3) is 6.07. The van der Waals surface area contributed by atoms with Crippen LogP contribution in [0.5, 0.6) is 11.5 Å². The quantitative estimate of drug-likeness (QED) is 0.330. The SMILES string of the molecule is CCC(C)c1cc(C)c(CN2CC(CC)N(Cc3c(C)cc(C(C)CC)c(O)c3C)CC2CC)c(C)c1O. The molecule has 0 saturated carbocycles. The Hall–Kier alpha value is -2.04. The summed E-state index contributed by atoms with van der Waals surface area (Å²) in [4.78, 5) is 5.32. The van der Waals surface area contributed by atoms with Gasteiger partial charge in [0, 0.05) is 38.3 Å². The molecule has 0 bridgehead atoms. The molecule has 1 fully saturated rings. The molecule has 0 radical (unpaired) electrons. The maximum Gasteiger partial charge on any atom is 0.122 e. The van der Waals surface area contributed by atoms with Crippen molar-refractivity contribution in [2.75, 3.05) is 13.1 Å². The Kier molecular flexibility index (Phi) is 10.3. The highest BCUT2D eigenvalue weighted by atomic mass is 16.3. The van der Waals surface area contributed by atoms with Crippen molar-refractivity contribution in [3.8, 4) is 11.5 Å². The zero-order valence-electron chi connectivity index (χ0n) is 25.9. The van der Waals surface area contributed by atoms with Crippen molar-refractivity contribution in [2.24, 2.45) is 0 Å². The van der Waals surface area contributed by atoms with Crippen molar-refractivity contribution in [2.45, 2.75) is 132 Å². The second-order valence-electron chi connectivity index (χ2n) is 12.1.